The minimum Gasteiger partial charge on any atom is -0.396 e. The van der Waals surface area contributed by atoms with Crippen LogP contribution in [0.5, 0.6) is 0 Å². The molecule has 0 fully saturated rings. The first-order valence-electron chi connectivity index (χ1n) is 5.95. The van der Waals surface area contributed by atoms with Crippen LogP contribution in [0.15, 0.2) is 23.4 Å². The Morgan fingerprint density at radius 1 is 1.41 bits per heavy atom. The standard InChI is InChI=1S/C13H18N2OS/c1-3-10-5-6-12-11(9-10)14-13(15(12)2)17-8-4-7-16/h5-6,9,16H,3-4,7-8H2,1-2H3. The van der Waals surface area contributed by atoms with Crippen molar-refractivity contribution in [1.29, 1.82) is 0 Å². The fourth-order valence-electron chi connectivity index (χ4n) is 1.80. The minimum absolute atomic E-state index is 0.247. The van der Waals surface area contributed by atoms with Gasteiger partial charge in [-0.1, -0.05) is 24.8 Å². The fourth-order valence-corrected chi connectivity index (χ4v) is 2.71. The van der Waals surface area contributed by atoms with Gasteiger partial charge in [0, 0.05) is 19.4 Å². The maximum absolute atomic E-state index is 8.78. The molecule has 0 aliphatic carbocycles. The highest BCUT2D eigenvalue weighted by Gasteiger charge is 2.08. The molecule has 1 N–H and O–H groups in total. The average molecular weight is 250 g/mol. The SMILES string of the molecule is CCc1ccc2c(c1)nc(SCCCO)n2C. The summed E-state index contributed by atoms with van der Waals surface area (Å²) in [7, 11) is 2.04. The number of rotatable bonds is 5. The molecule has 0 saturated heterocycles. The summed E-state index contributed by atoms with van der Waals surface area (Å²) in [4.78, 5) is 4.64. The summed E-state index contributed by atoms with van der Waals surface area (Å²) in [5.41, 5.74) is 3.56. The molecule has 2 aromatic rings. The van der Waals surface area contributed by atoms with E-state index in [-0.39, 0.29) is 6.61 Å². The number of hydrogen-bond donors (Lipinski definition) is 1. The molecule has 0 bridgehead atoms. The molecule has 0 unspecified atom stereocenters. The number of fused-ring (bicyclic) bond motifs is 1. The molecule has 17 heavy (non-hydrogen) atoms. The van der Waals surface area contributed by atoms with E-state index in [0.717, 1.165) is 29.3 Å². The summed E-state index contributed by atoms with van der Waals surface area (Å²) in [6.07, 6.45) is 1.85. The van der Waals surface area contributed by atoms with Gasteiger partial charge in [0.1, 0.15) is 0 Å². The molecule has 0 aliphatic rings. The van der Waals surface area contributed by atoms with Gasteiger partial charge in [-0.05, 0) is 30.5 Å². The number of hydrogen-bond acceptors (Lipinski definition) is 3. The van der Waals surface area contributed by atoms with E-state index in [1.807, 2.05) is 7.05 Å². The maximum Gasteiger partial charge on any atom is 0.168 e. The van der Waals surface area contributed by atoms with Crippen molar-refractivity contribution < 1.29 is 5.11 Å². The van der Waals surface area contributed by atoms with E-state index in [9.17, 15) is 0 Å². The van der Waals surface area contributed by atoms with Crippen molar-refractivity contribution in [3.05, 3.63) is 23.8 Å². The first kappa shape index (κ1) is 12.5. The van der Waals surface area contributed by atoms with E-state index in [1.54, 1.807) is 11.8 Å². The third-order valence-corrected chi connectivity index (χ3v) is 3.96. The Bertz CT molecular complexity index is 507. The molecule has 0 spiro atoms. The minimum atomic E-state index is 0.247. The van der Waals surface area contributed by atoms with Crippen LogP contribution in [-0.4, -0.2) is 27.0 Å². The van der Waals surface area contributed by atoms with E-state index in [4.69, 9.17) is 5.11 Å². The van der Waals surface area contributed by atoms with E-state index in [2.05, 4.69) is 34.7 Å². The normalized spacial score (nSPS) is 11.2. The molecule has 3 nitrogen and oxygen atoms in total. The van der Waals surface area contributed by atoms with Crippen molar-refractivity contribution in [3.63, 3.8) is 0 Å². The maximum atomic E-state index is 8.78. The van der Waals surface area contributed by atoms with Gasteiger partial charge in [-0.15, -0.1) is 0 Å². The Morgan fingerprint density at radius 3 is 2.94 bits per heavy atom. The zero-order valence-electron chi connectivity index (χ0n) is 10.3. The highest BCUT2D eigenvalue weighted by Crippen LogP contribution is 2.24. The molecule has 92 valence electrons. The highest BCUT2D eigenvalue weighted by molar-refractivity contribution is 7.99. The van der Waals surface area contributed by atoms with Crippen LogP contribution in [0, 0.1) is 0 Å². The van der Waals surface area contributed by atoms with E-state index in [0.29, 0.717) is 0 Å². The molecule has 1 aromatic carbocycles. The van der Waals surface area contributed by atoms with Crippen LogP contribution in [0.3, 0.4) is 0 Å². The van der Waals surface area contributed by atoms with E-state index >= 15 is 0 Å². The number of aryl methyl sites for hydroxylation is 2. The lowest BCUT2D eigenvalue weighted by Crippen LogP contribution is -1.93. The summed E-state index contributed by atoms with van der Waals surface area (Å²) in [6, 6.07) is 6.45. The number of nitrogens with zero attached hydrogens (tertiary/aromatic N) is 2. The van der Waals surface area contributed by atoms with Gasteiger partial charge in [-0.2, -0.15) is 0 Å². The lowest BCUT2D eigenvalue weighted by Gasteiger charge is -2.01. The second-order valence-electron chi connectivity index (χ2n) is 4.06. The summed E-state index contributed by atoms with van der Waals surface area (Å²) in [5, 5.41) is 9.81. The molecule has 0 aliphatic heterocycles. The first-order chi connectivity index (χ1) is 8.26. The largest absolute Gasteiger partial charge is 0.396 e. The number of benzene rings is 1. The first-order valence-corrected chi connectivity index (χ1v) is 6.93. The lowest BCUT2D eigenvalue weighted by atomic mass is 10.1. The van der Waals surface area contributed by atoms with Crippen LogP contribution in [0.4, 0.5) is 0 Å². The Balaban J connectivity index is 2.28. The molecule has 4 heteroatoms. The van der Waals surface area contributed by atoms with Crippen molar-refractivity contribution in [2.75, 3.05) is 12.4 Å². The predicted octanol–water partition coefficient (Wildman–Crippen LogP) is 2.61. The third kappa shape index (κ3) is 2.64. The molecular formula is C13H18N2OS. The molecular weight excluding hydrogens is 232 g/mol. The topological polar surface area (TPSA) is 38.1 Å². The quantitative estimate of drug-likeness (QED) is 0.655. The summed E-state index contributed by atoms with van der Waals surface area (Å²) in [5.74, 6) is 0.911. The monoisotopic (exact) mass is 250 g/mol. The summed E-state index contributed by atoms with van der Waals surface area (Å²) in [6.45, 7) is 2.40. The zero-order valence-corrected chi connectivity index (χ0v) is 11.1. The predicted molar refractivity (Wildman–Crippen MR) is 72.5 cm³/mol. The van der Waals surface area contributed by atoms with Gasteiger partial charge in [-0.25, -0.2) is 4.98 Å². The lowest BCUT2D eigenvalue weighted by molar-refractivity contribution is 0.296. The summed E-state index contributed by atoms with van der Waals surface area (Å²) >= 11 is 1.70. The van der Waals surface area contributed by atoms with Crippen molar-refractivity contribution in [2.24, 2.45) is 7.05 Å². The number of aliphatic hydroxyl groups excluding tert-OH is 1. The molecule has 2 rings (SSSR count). The van der Waals surface area contributed by atoms with E-state index < -0.39 is 0 Å². The molecule has 0 radical (unpaired) electrons. The van der Waals surface area contributed by atoms with Gasteiger partial charge in [0.15, 0.2) is 5.16 Å². The van der Waals surface area contributed by atoms with Crippen LogP contribution in [0.25, 0.3) is 11.0 Å². The Labute approximate surface area is 106 Å². The molecule has 0 saturated carbocycles. The summed E-state index contributed by atoms with van der Waals surface area (Å²) < 4.78 is 2.12. The van der Waals surface area contributed by atoms with Crippen molar-refractivity contribution >= 4 is 22.8 Å². The third-order valence-electron chi connectivity index (χ3n) is 2.85. The fraction of sp³-hybridized carbons (Fsp3) is 0.462. The second kappa shape index (κ2) is 5.56. The Morgan fingerprint density at radius 2 is 2.24 bits per heavy atom. The zero-order chi connectivity index (χ0) is 12.3. The highest BCUT2D eigenvalue weighted by atomic mass is 32.2. The second-order valence-corrected chi connectivity index (χ2v) is 5.12. The number of thioether (sulfide) groups is 1. The van der Waals surface area contributed by atoms with Gasteiger partial charge in [-0.3, -0.25) is 0 Å². The number of aromatic nitrogens is 2. The van der Waals surface area contributed by atoms with Crippen LogP contribution in [0.2, 0.25) is 0 Å². The van der Waals surface area contributed by atoms with Gasteiger partial charge in [0.2, 0.25) is 0 Å². The van der Waals surface area contributed by atoms with E-state index in [1.165, 1.54) is 11.1 Å². The Kier molecular flexibility index (Phi) is 4.07. The van der Waals surface area contributed by atoms with Crippen LogP contribution < -0.4 is 0 Å². The molecule has 0 amide bonds. The van der Waals surface area contributed by atoms with Crippen molar-refractivity contribution in [3.8, 4) is 0 Å². The van der Waals surface area contributed by atoms with Gasteiger partial charge in [0.05, 0.1) is 11.0 Å². The number of imidazole rings is 1. The van der Waals surface area contributed by atoms with Gasteiger partial charge >= 0.3 is 0 Å². The number of aliphatic hydroxyl groups is 1. The average Bonchev–Trinajstić information content (AvgIpc) is 2.66. The molecule has 1 aromatic heterocycles. The molecule has 0 atom stereocenters. The van der Waals surface area contributed by atoms with Gasteiger partial charge < -0.3 is 9.67 Å². The van der Waals surface area contributed by atoms with Crippen molar-refractivity contribution in [2.45, 2.75) is 24.9 Å². The van der Waals surface area contributed by atoms with Crippen LogP contribution >= 0.6 is 11.8 Å². The van der Waals surface area contributed by atoms with Crippen LogP contribution in [-0.2, 0) is 13.5 Å². The van der Waals surface area contributed by atoms with Crippen LogP contribution in [0.1, 0.15) is 18.9 Å². The van der Waals surface area contributed by atoms with Crippen molar-refractivity contribution in [1.82, 2.24) is 9.55 Å². The smallest absolute Gasteiger partial charge is 0.168 e. The Hall–Kier alpha value is -1.00. The molecule has 1 heterocycles. The van der Waals surface area contributed by atoms with Gasteiger partial charge in [0.25, 0.3) is 0 Å².